The Bertz CT molecular complexity index is 564. The first-order valence-corrected chi connectivity index (χ1v) is 5.17. The summed E-state index contributed by atoms with van der Waals surface area (Å²) >= 11 is 0. The first kappa shape index (κ1) is 12.3. The quantitative estimate of drug-likeness (QED) is 0.523. The van der Waals surface area contributed by atoms with E-state index in [1.165, 1.54) is 18.2 Å². The van der Waals surface area contributed by atoms with Gasteiger partial charge >= 0.3 is 0 Å². The molecule has 0 bridgehead atoms. The van der Waals surface area contributed by atoms with Gasteiger partial charge in [0, 0.05) is 12.1 Å². The Balaban J connectivity index is 2.29. The van der Waals surface area contributed by atoms with Gasteiger partial charge in [-0.25, -0.2) is 0 Å². The highest BCUT2D eigenvalue weighted by atomic mass is 16.6. The van der Waals surface area contributed by atoms with Gasteiger partial charge in [-0.15, -0.1) is 0 Å². The van der Waals surface area contributed by atoms with Gasteiger partial charge in [0.2, 0.25) is 0 Å². The number of rotatable bonds is 5. The van der Waals surface area contributed by atoms with E-state index in [0.717, 1.165) is 0 Å². The van der Waals surface area contributed by atoms with Gasteiger partial charge in [-0.2, -0.15) is 4.98 Å². The number of nitro benzene ring substituents is 1. The van der Waals surface area contributed by atoms with Crippen LogP contribution in [0, 0.1) is 10.1 Å². The minimum Gasteiger partial charge on any atom is -0.424 e. The van der Waals surface area contributed by atoms with Crippen LogP contribution in [0.3, 0.4) is 0 Å². The number of fused-ring (bicyclic) bond motifs is 1. The summed E-state index contributed by atoms with van der Waals surface area (Å²) in [6.45, 7) is -0.565. The minimum absolute atomic E-state index is 0.0804. The van der Waals surface area contributed by atoms with Crippen LogP contribution in [0.2, 0.25) is 0 Å². The minimum atomic E-state index is -0.590. The van der Waals surface area contributed by atoms with Crippen LogP contribution in [0.25, 0.3) is 11.1 Å². The molecule has 2 rings (SSSR count). The van der Waals surface area contributed by atoms with E-state index in [2.05, 4.69) is 10.3 Å². The molecule has 0 fully saturated rings. The normalized spacial score (nSPS) is 11.1. The maximum atomic E-state index is 10.6. The number of aliphatic hydroxyl groups excluding tert-OH is 2. The predicted octanol–water partition coefficient (Wildman–Crippen LogP) is 0.501. The summed E-state index contributed by atoms with van der Waals surface area (Å²) in [7, 11) is 0. The van der Waals surface area contributed by atoms with Gasteiger partial charge < -0.3 is 19.9 Å². The molecule has 3 N–H and O–H groups in total. The van der Waals surface area contributed by atoms with E-state index in [4.69, 9.17) is 14.6 Å². The largest absolute Gasteiger partial charge is 0.424 e. The lowest BCUT2D eigenvalue weighted by atomic mass is 10.3. The van der Waals surface area contributed by atoms with Crippen LogP contribution < -0.4 is 5.32 Å². The molecule has 0 atom stereocenters. The second kappa shape index (κ2) is 4.98. The lowest BCUT2D eigenvalue weighted by Crippen LogP contribution is -2.27. The number of aliphatic hydroxyl groups is 2. The van der Waals surface area contributed by atoms with Crippen LogP contribution in [0.5, 0.6) is 0 Å². The fraction of sp³-hybridized carbons (Fsp3) is 0.300. The van der Waals surface area contributed by atoms with Crippen molar-refractivity contribution in [1.82, 2.24) is 4.98 Å². The fourth-order valence-corrected chi connectivity index (χ4v) is 1.41. The maximum Gasteiger partial charge on any atom is 0.296 e. The Morgan fingerprint density at radius 3 is 2.78 bits per heavy atom. The van der Waals surface area contributed by atoms with Crippen molar-refractivity contribution < 1.29 is 19.6 Å². The molecule has 2 aromatic rings. The van der Waals surface area contributed by atoms with Gasteiger partial charge in [0.25, 0.3) is 11.7 Å². The average Bonchev–Trinajstić information content (AvgIpc) is 2.76. The summed E-state index contributed by atoms with van der Waals surface area (Å²) in [5.74, 6) is 0. The van der Waals surface area contributed by atoms with Gasteiger partial charge in [0.05, 0.1) is 24.2 Å². The predicted molar refractivity (Wildman–Crippen MR) is 62.2 cm³/mol. The van der Waals surface area contributed by atoms with Gasteiger partial charge in [-0.1, -0.05) is 0 Å². The second-order valence-corrected chi connectivity index (χ2v) is 3.63. The molecular formula is C10H11N3O5. The summed E-state index contributed by atoms with van der Waals surface area (Å²) in [4.78, 5) is 14.1. The third-order valence-corrected chi connectivity index (χ3v) is 2.35. The molecular weight excluding hydrogens is 242 g/mol. The molecule has 0 saturated heterocycles. The maximum absolute atomic E-state index is 10.6. The first-order chi connectivity index (χ1) is 8.63. The van der Waals surface area contributed by atoms with Gasteiger partial charge in [-0.05, 0) is 6.07 Å². The van der Waals surface area contributed by atoms with Crippen molar-refractivity contribution in [3.8, 4) is 0 Å². The monoisotopic (exact) mass is 253 g/mol. The van der Waals surface area contributed by atoms with Crippen molar-refractivity contribution >= 4 is 22.8 Å². The number of hydrogen-bond acceptors (Lipinski definition) is 7. The fourth-order valence-electron chi connectivity index (χ4n) is 1.41. The zero-order chi connectivity index (χ0) is 13.1. The topological polar surface area (TPSA) is 122 Å². The molecule has 1 heterocycles. The van der Waals surface area contributed by atoms with E-state index in [1.807, 2.05) is 0 Å². The molecule has 0 aliphatic carbocycles. The molecule has 0 spiro atoms. The molecule has 0 radical (unpaired) electrons. The molecule has 96 valence electrons. The standard InChI is InChI=1S/C10H11N3O5/c14-4-6(5-15)11-10-12-8-3-7(13(16)17)1-2-9(8)18-10/h1-3,6,14-15H,4-5H2,(H,11,12). The number of nitrogens with one attached hydrogen (secondary N) is 1. The summed E-state index contributed by atoms with van der Waals surface area (Å²) in [5.41, 5.74) is 0.641. The molecule has 0 amide bonds. The van der Waals surface area contributed by atoms with Crippen molar-refractivity contribution in [3.05, 3.63) is 28.3 Å². The first-order valence-electron chi connectivity index (χ1n) is 5.17. The summed E-state index contributed by atoms with van der Waals surface area (Å²) in [5, 5.41) is 31.1. The van der Waals surface area contributed by atoms with Crippen LogP contribution in [0.15, 0.2) is 22.6 Å². The number of anilines is 1. The van der Waals surface area contributed by atoms with Crippen molar-refractivity contribution in [3.63, 3.8) is 0 Å². The van der Waals surface area contributed by atoms with Crippen molar-refractivity contribution in [2.45, 2.75) is 6.04 Å². The zero-order valence-electron chi connectivity index (χ0n) is 9.24. The molecule has 18 heavy (non-hydrogen) atoms. The number of oxazole rings is 1. The summed E-state index contributed by atoms with van der Waals surface area (Å²) in [6.07, 6.45) is 0. The van der Waals surface area contributed by atoms with E-state index in [9.17, 15) is 10.1 Å². The lowest BCUT2D eigenvalue weighted by molar-refractivity contribution is -0.384. The average molecular weight is 253 g/mol. The number of non-ortho nitro benzene ring substituents is 1. The van der Waals surface area contributed by atoms with Gasteiger partial charge in [0.1, 0.15) is 5.52 Å². The molecule has 0 saturated carbocycles. The number of nitrogens with zero attached hydrogens (tertiary/aromatic N) is 2. The van der Waals surface area contributed by atoms with Crippen LogP contribution in [0.4, 0.5) is 11.7 Å². The molecule has 8 nitrogen and oxygen atoms in total. The Morgan fingerprint density at radius 1 is 1.44 bits per heavy atom. The van der Waals surface area contributed by atoms with E-state index >= 15 is 0 Å². The highest BCUT2D eigenvalue weighted by Crippen LogP contribution is 2.23. The number of aromatic nitrogens is 1. The Morgan fingerprint density at radius 2 is 2.17 bits per heavy atom. The highest BCUT2D eigenvalue weighted by Gasteiger charge is 2.13. The van der Waals surface area contributed by atoms with E-state index in [-0.39, 0.29) is 24.9 Å². The van der Waals surface area contributed by atoms with Crippen molar-refractivity contribution in [2.24, 2.45) is 0 Å². The summed E-state index contributed by atoms with van der Waals surface area (Å²) < 4.78 is 5.27. The summed E-state index contributed by atoms with van der Waals surface area (Å²) in [6, 6.07) is 3.55. The number of nitro groups is 1. The molecule has 0 aliphatic rings. The highest BCUT2D eigenvalue weighted by molar-refractivity contribution is 5.77. The van der Waals surface area contributed by atoms with Crippen LogP contribution in [-0.2, 0) is 0 Å². The number of benzene rings is 1. The zero-order valence-corrected chi connectivity index (χ0v) is 9.24. The van der Waals surface area contributed by atoms with Crippen LogP contribution in [-0.4, -0.2) is 39.4 Å². The Kier molecular flexibility index (Phi) is 3.40. The molecule has 0 unspecified atom stereocenters. The van der Waals surface area contributed by atoms with Gasteiger partial charge in [0.15, 0.2) is 5.58 Å². The molecule has 0 aliphatic heterocycles. The Hall–Kier alpha value is -2.19. The molecule has 1 aromatic carbocycles. The molecule has 1 aromatic heterocycles. The third kappa shape index (κ3) is 2.39. The SMILES string of the molecule is O=[N+]([O-])c1ccc2oc(NC(CO)CO)nc2c1. The van der Waals surface area contributed by atoms with Crippen molar-refractivity contribution in [2.75, 3.05) is 18.5 Å². The van der Waals surface area contributed by atoms with Gasteiger partial charge in [-0.3, -0.25) is 10.1 Å². The smallest absolute Gasteiger partial charge is 0.296 e. The van der Waals surface area contributed by atoms with E-state index in [1.54, 1.807) is 0 Å². The Labute approximate surface area is 101 Å². The van der Waals surface area contributed by atoms with Crippen LogP contribution >= 0.6 is 0 Å². The van der Waals surface area contributed by atoms with Crippen molar-refractivity contribution in [1.29, 1.82) is 0 Å². The van der Waals surface area contributed by atoms with Crippen LogP contribution in [0.1, 0.15) is 0 Å². The number of hydrogen-bond donors (Lipinski definition) is 3. The van der Waals surface area contributed by atoms with E-state index in [0.29, 0.717) is 11.1 Å². The second-order valence-electron chi connectivity index (χ2n) is 3.63. The van der Waals surface area contributed by atoms with E-state index < -0.39 is 11.0 Å². The third-order valence-electron chi connectivity index (χ3n) is 2.35. The molecule has 8 heteroatoms. The lowest BCUT2D eigenvalue weighted by Gasteiger charge is -2.10.